The van der Waals surface area contributed by atoms with E-state index in [1.165, 1.54) is 33.5 Å². The normalized spacial score (nSPS) is 11.0. The second kappa shape index (κ2) is 6.91. The van der Waals surface area contributed by atoms with Crippen molar-refractivity contribution in [2.24, 2.45) is 0 Å². The molecular weight excluding hydrogens is 344 g/mol. The number of nitrogens with one attached hydrogen (secondary N) is 1. The fourth-order valence-corrected chi connectivity index (χ4v) is 3.14. The lowest BCUT2D eigenvalue weighted by atomic mass is 10.2. The van der Waals surface area contributed by atoms with E-state index in [9.17, 15) is 17.2 Å². The molecule has 9 heteroatoms. The molecule has 24 heavy (non-hydrogen) atoms. The topological polar surface area (TPSA) is 73.9 Å². The van der Waals surface area contributed by atoms with Gasteiger partial charge in [0, 0.05) is 18.2 Å². The van der Waals surface area contributed by atoms with Gasteiger partial charge >= 0.3 is 0 Å². The number of methoxy groups -OCH3 is 3. The molecule has 0 unspecified atom stereocenters. The van der Waals surface area contributed by atoms with E-state index in [-0.39, 0.29) is 22.9 Å². The molecule has 0 heterocycles. The summed E-state index contributed by atoms with van der Waals surface area (Å²) in [5, 5.41) is 0. The predicted octanol–water partition coefficient (Wildman–Crippen LogP) is 2.79. The predicted molar refractivity (Wildman–Crippen MR) is 83.3 cm³/mol. The monoisotopic (exact) mass is 359 g/mol. The van der Waals surface area contributed by atoms with Crippen LogP contribution in [0.25, 0.3) is 0 Å². The molecule has 0 spiro atoms. The zero-order valence-electron chi connectivity index (χ0n) is 13.1. The van der Waals surface area contributed by atoms with Crippen molar-refractivity contribution >= 4 is 15.7 Å². The van der Waals surface area contributed by atoms with E-state index in [1.54, 1.807) is 0 Å². The van der Waals surface area contributed by atoms with Gasteiger partial charge in [0.15, 0.2) is 11.5 Å². The quantitative estimate of drug-likeness (QED) is 0.859. The molecule has 0 saturated heterocycles. The highest BCUT2D eigenvalue weighted by atomic mass is 32.2. The fourth-order valence-electron chi connectivity index (χ4n) is 2.04. The first-order chi connectivity index (χ1) is 11.3. The summed E-state index contributed by atoms with van der Waals surface area (Å²) in [5.74, 6) is -1.37. The lowest BCUT2D eigenvalue weighted by molar-refractivity contribution is 0.325. The summed E-state index contributed by atoms with van der Waals surface area (Å²) in [7, 11) is -0.132. The maximum atomic E-state index is 13.7. The smallest absolute Gasteiger partial charge is 0.264 e. The number of anilines is 1. The molecule has 0 radical (unpaired) electrons. The zero-order chi connectivity index (χ0) is 17.9. The largest absolute Gasteiger partial charge is 0.493 e. The molecule has 2 aromatic carbocycles. The molecular formula is C15H15F2NO5S. The van der Waals surface area contributed by atoms with E-state index in [2.05, 4.69) is 4.72 Å². The number of sulfonamides is 1. The van der Waals surface area contributed by atoms with Gasteiger partial charge in [-0.15, -0.1) is 0 Å². The highest BCUT2D eigenvalue weighted by Crippen LogP contribution is 2.40. The summed E-state index contributed by atoms with van der Waals surface area (Å²) >= 11 is 0. The second-order valence-electron chi connectivity index (χ2n) is 4.59. The maximum absolute atomic E-state index is 13.7. The first kappa shape index (κ1) is 17.8. The number of halogens is 2. The van der Waals surface area contributed by atoms with Crippen molar-refractivity contribution < 1.29 is 31.4 Å². The Balaban J connectivity index is 2.46. The Hall–Kier alpha value is -2.55. The van der Waals surface area contributed by atoms with E-state index in [0.717, 1.165) is 12.1 Å². The van der Waals surface area contributed by atoms with Gasteiger partial charge in [-0.25, -0.2) is 17.2 Å². The number of hydrogen-bond donors (Lipinski definition) is 1. The zero-order valence-corrected chi connectivity index (χ0v) is 13.9. The van der Waals surface area contributed by atoms with Crippen LogP contribution in [0.4, 0.5) is 14.5 Å². The molecule has 0 aliphatic carbocycles. The van der Waals surface area contributed by atoms with Crippen molar-refractivity contribution in [3.05, 3.63) is 42.0 Å². The molecule has 0 aromatic heterocycles. The van der Waals surface area contributed by atoms with Crippen molar-refractivity contribution in [1.29, 1.82) is 0 Å². The van der Waals surface area contributed by atoms with Crippen molar-refractivity contribution in [1.82, 2.24) is 0 Å². The summed E-state index contributed by atoms with van der Waals surface area (Å²) in [6, 6.07) is 4.88. The van der Waals surface area contributed by atoms with Crippen LogP contribution in [-0.4, -0.2) is 29.7 Å². The molecule has 2 aromatic rings. The third kappa shape index (κ3) is 3.51. The Morgan fingerprint density at radius 3 is 1.96 bits per heavy atom. The summed E-state index contributed by atoms with van der Waals surface area (Å²) in [6.45, 7) is 0. The van der Waals surface area contributed by atoms with Crippen LogP contribution in [0.5, 0.6) is 17.2 Å². The first-order valence-electron chi connectivity index (χ1n) is 6.60. The van der Waals surface area contributed by atoms with E-state index in [0.29, 0.717) is 6.07 Å². The van der Waals surface area contributed by atoms with Crippen LogP contribution in [0.2, 0.25) is 0 Å². The van der Waals surface area contributed by atoms with Gasteiger partial charge in [-0.05, 0) is 12.1 Å². The van der Waals surface area contributed by atoms with Crippen LogP contribution in [0, 0.1) is 11.6 Å². The highest BCUT2D eigenvalue weighted by Gasteiger charge is 2.22. The SMILES string of the molecule is COc1cc(NS(=O)(=O)c2ccc(F)cc2F)cc(OC)c1OC. The molecule has 0 atom stereocenters. The van der Waals surface area contributed by atoms with E-state index < -0.39 is 26.6 Å². The van der Waals surface area contributed by atoms with Crippen molar-refractivity contribution in [3.63, 3.8) is 0 Å². The van der Waals surface area contributed by atoms with Crippen molar-refractivity contribution in [2.45, 2.75) is 4.90 Å². The highest BCUT2D eigenvalue weighted by molar-refractivity contribution is 7.92. The molecule has 6 nitrogen and oxygen atoms in total. The molecule has 0 fully saturated rings. The summed E-state index contributed by atoms with van der Waals surface area (Å²) in [6.07, 6.45) is 0. The molecule has 130 valence electrons. The van der Waals surface area contributed by atoms with Crippen LogP contribution in [0.15, 0.2) is 35.2 Å². The van der Waals surface area contributed by atoms with Gasteiger partial charge in [0.1, 0.15) is 16.5 Å². The molecule has 0 bridgehead atoms. The van der Waals surface area contributed by atoms with Crippen LogP contribution in [0.3, 0.4) is 0 Å². The lowest BCUT2D eigenvalue weighted by Gasteiger charge is -2.15. The third-order valence-electron chi connectivity index (χ3n) is 3.10. The van der Waals surface area contributed by atoms with Gasteiger partial charge in [0.2, 0.25) is 5.75 Å². The minimum Gasteiger partial charge on any atom is -0.493 e. The fraction of sp³-hybridized carbons (Fsp3) is 0.200. The van der Waals surface area contributed by atoms with Gasteiger partial charge < -0.3 is 14.2 Å². The standard InChI is InChI=1S/C15H15F2NO5S/c1-21-12-7-10(8-13(22-2)15(12)23-3)18-24(19,20)14-5-4-9(16)6-11(14)17/h4-8,18H,1-3H3. The van der Waals surface area contributed by atoms with Crippen LogP contribution < -0.4 is 18.9 Å². The van der Waals surface area contributed by atoms with E-state index in [1.807, 2.05) is 0 Å². The Kier molecular flexibility index (Phi) is 5.13. The lowest BCUT2D eigenvalue weighted by Crippen LogP contribution is -2.15. The molecule has 1 N–H and O–H groups in total. The molecule has 0 amide bonds. The van der Waals surface area contributed by atoms with Gasteiger partial charge in [-0.1, -0.05) is 0 Å². The average Bonchev–Trinajstić information content (AvgIpc) is 2.52. The Morgan fingerprint density at radius 1 is 0.917 bits per heavy atom. The van der Waals surface area contributed by atoms with Crippen molar-refractivity contribution in [2.75, 3.05) is 26.1 Å². The van der Waals surface area contributed by atoms with Crippen LogP contribution in [0.1, 0.15) is 0 Å². The van der Waals surface area contributed by atoms with Gasteiger partial charge in [-0.2, -0.15) is 0 Å². The summed E-state index contributed by atoms with van der Waals surface area (Å²) < 4.78 is 68.8. The number of hydrogen-bond acceptors (Lipinski definition) is 5. The van der Waals surface area contributed by atoms with Gasteiger partial charge in [0.25, 0.3) is 10.0 Å². The van der Waals surface area contributed by atoms with Gasteiger partial charge in [-0.3, -0.25) is 4.72 Å². The summed E-state index contributed by atoms with van der Waals surface area (Å²) in [5.41, 5.74) is 0.0632. The molecule has 0 aliphatic rings. The maximum Gasteiger partial charge on any atom is 0.264 e. The van der Waals surface area contributed by atoms with Crippen LogP contribution in [-0.2, 0) is 10.0 Å². The minimum absolute atomic E-state index is 0.0632. The van der Waals surface area contributed by atoms with Crippen molar-refractivity contribution in [3.8, 4) is 17.2 Å². The number of rotatable bonds is 6. The Morgan fingerprint density at radius 2 is 1.50 bits per heavy atom. The molecule has 0 saturated carbocycles. The van der Waals surface area contributed by atoms with Crippen LogP contribution >= 0.6 is 0 Å². The molecule has 0 aliphatic heterocycles. The average molecular weight is 359 g/mol. The number of ether oxygens (including phenoxy) is 3. The second-order valence-corrected chi connectivity index (χ2v) is 6.25. The Labute approximate surface area is 138 Å². The Bertz CT molecular complexity index is 830. The third-order valence-corrected chi connectivity index (χ3v) is 4.51. The number of benzene rings is 2. The first-order valence-corrected chi connectivity index (χ1v) is 8.08. The molecule has 2 rings (SSSR count). The minimum atomic E-state index is -4.27. The van der Waals surface area contributed by atoms with Gasteiger partial charge in [0.05, 0.1) is 27.0 Å². The van der Waals surface area contributed by atoms with E-state index >= 15 is 0 Å². The van der Waals surface area contributed by atoms with E-state index in [4.69, 9.17) is 14.2 Å². The summed E-state index contributed by atoms with van der Waals surface area (Å²) in [4.78, 5) is -0.683.